The molecule has 0 bridgehead atoms. The van der Waals surface area contributed by atoms with Crippen LogP contribution in [0.2, 0.25) is 0 Å². The Morgan fingerprint density at radius 1 is 1.39 bits per heavy atom. The number of amides is 2. The molecule has 0 radical (unpaired) electrons. The lowest BCUT2D eigenvalue weighted by Gasteiger charge is -2.38. The van der Waals surface area contributed by atoms with E-state index in [1.165, 1.54) is 0 Å². The summed E-state index contributed by atoms with van der Waals surface area (Å²) in [5.74, 6) is 0.353. The summed E-state index contributed by atoms with van der Waals surface area (Å²) in [6, 6.07) is 1.79. The lowest BCUT2D eigenvalue weighted by Crippen LogP contribution is -2.54. The molecule has 2 aliphatic heterocycles. The normalized spacial score (nSPS) is 24.8. The Morgan fingerprint density at radius 2 is 2.26 bits per heavy atom. The predicted molar refractivity (Wildman–Crippen MR) is 79.8 cm³/mol. The van der Waals surface area contributed by atoms with E-state index in [-0.39, 0.29) is 18.4 Å². The Hall–Kier alpha value is -2.48. The number of morpholine rings is 1. The summed E-state index contributed by atoms with van der Waals surface area (Å²) in [6.07, 6.45) is 5.86. The van der Waals surface area contributed by atoms with Crippen LogP contribution in [0, 0.1) is 0 Å². The van der Waals surface area contributed by atoms with Gasteiger partial charge in [-0.05, 0) is 12.5 Å². The van der Waals surface area contributed by atoms with Gasteiger partial charge in [-0.3, -0.25) is 14.0 Å². The molecule has 2 saturated heterocycles. The second-order valence-electron chi connectivity index (χ2n) is 6.15. The zero-order valence-electron chi connectivity index (χ0n) is 12.8. The van der Waals surface area contributed by atoms with Gasteiger partial charge in [0.1, 0.15) is 17.9 Å². The molecule has 0 unspecified atom stereocenters. The summed E-state index contributed by atoms with van der Waals surface area (Å²) in [4.78, 5) is 36.1. The molecular weight excluding hydrogens is 298 g/mol. The van der Waals surface area contributed by atoms with Crippen LogP contribution in [0.5, 0.6) is 0 Å². The Bertz CT molecular complexity index is 755. The molecule has 2 aromatic rings. The summed E-state index contributed by atoms with van der Waals surface area (Å²) >= 11 is 0. The molecule has 4 heterocycles. The van der Waals surface area contributed by atoms with Gasteiger partial charge in [0.2, 0.25) is 11.7 Å². The van der Waals surface area contributed by atoms with E-state index in [2.05, 4.69) is 9.97 Å². The average molecular weight is 315 g/mol. The van der Waals surface area contributed by atoms with E-state index in [1.54, 1.807) is 39.7 Å². The third-order valence-electron chi connectivity index (χ3n) is 4.51. The van der Waals surface area contributed by atoms with E-state index in [0.717, 1.165) is 6.42 Å². The predicted octanol–water partition coefficient (Wildman–Crippen LogP) is -0.197. The number of hydrogen-bond donors (Lipinski definition) is 0. The van der Waals surface area contributed by atoms with E-state index < -0.39 is 5.60 Å². The van der Waals surface area contributed by atoms with Gasteiger partial charge in [0.15, 0.2) is 0 Å². The van der Waals surface area contributed by atoms with Gasteiger partial charge in [-0.1, -0.05) is 0 Å². The molecule has 0 aromatic carbocycles. The molecule has 120 valence electrons. The maximum atomic E-state index is 12.7. The topological polar surface area (TPSA) is 80.0 Å². The first kappa shape index (κ1) is 14.1. The highest BCUT2D eigenvalue weighted by molar-refractivity contribution is 5.93. The Labute approximate surface area is 132 Å². The summed E-state index contributed by atoms with van der Waals surface area (Å²) < 4.78 is 7.49. The van der Waals surface area contributed by atoms with Gasteiger partial charge in [0, 0.05) is 32.2 Å². The van der Waals surface area contributed by atoms with Crippen LogP contribution >= 0.6 is 0 Å². The number of rotatable bonds is 1. The van der Waals surface area contributed by atoms with Crippen molar-refractivity contribution in [1.82, 2.24) is 24.2 Å². The summed E-state index contributed by atoms with van der Waals surface area (Å²) in [5, 5.41) is 0. The second kappa shape index (κ2) is 5.02. The van der Waals surface area contributed by atoms with Gasteiger partial charge < -0.3 is 14.5 Å². The average Bonchev–Trinajstić information content (AvgIpc) is 3.15. The van der Waals surface area contributed by atoms with Gasteiger partial charge in [-0.15, -0.1) is 0 Å². The van der Waals surface area contributed by atoms with Gasteiger partial charge >= 0.3 is 0 Å². The highest BCUT2D eigenvalue weighted by Gasteiger charge is 2.45. The molecule has 0 saturated carbocycles. The molecule has 0 aliphatic carbocycles. The Balaban J connectivity index is 1.53. The van der Waals surface area contributed by atoms with Crippen molar-refractivity contribution in [2.45, 2.75) is 12.0 Å². The smallest absolute Gasteiger partial charge is 0.274 e. The van der Waals surface area contributed by atoms with E-state index in [9.17, 15) is 9.59 Å². The molecule has 4 rings (SSSR count). The van der Waals surface area contributed by atoms with Crippen molar-refractivity contribution >= 4 is 17.6 Å². The van der Waals surface area contributed by atoms with Gasteiger partial charge in [-0.2, -0.15) is 0 Å². The summed E-state index contributed by atoms with van der Waals surface area (Å²) in [7, 11) is 1.77. The highest BCUT2D eigenvalue weighted by atomic mass is 16.5. The van der Waals surface area contributed by atoms with Crippen molar-refractivity contribution in [2.75, 3.05) is 33.3 Å². The van der Waals surface area contributed by atoms with Gasteiger partial charge in [0.25, 0.3) is 5.91 Å². The number of aromatic nitrogens is 3. The van der Waals surface area contributed by atoms with Crippen LogP contribution in [-0.4, -0.2) is 74.9 Å². The number of nitrogens with zero attached hydrogens (tertiary/aromatic N) is 5. The van der Waals surface area contributed by atoms with Crippen molar-refractivity contribution in [3.05, 3.63) is 30.4 Å². The van der Waals surface area contributed by atoms with Crippen LogP contribution in [0.1, 0.15) is 16.9 Å². The molecule has 2 amide bonds. The number of hydrogen-bond acceptors (Lipinski definition) is 5. The monoisotopic (exact) mass is 315 g/mol. The first-order chi connectivity index (χ1) is 11.1. The molecule has 1 atom stereocenters. The molecule has 8 heteroatoms. The lowest BCUT2D eigenvalue weighted by molar-refractivity contribution is -0.158. The highest BCUT2D eigenvalue weighted by Crippen LogP contribution is 2.30. The van der Waals surface area contributed by atoms with Crippen LogP contribution in [-0.2, 0) is 9.53 Å². The van der Waals surface area contributed by atoms with E-state index in [4.69, 9.17) is 4.74 Å². The minimum absolute atomic E-state index is 0.0215. The fraction of sp³-hybridized carbons (Fsp3) is 0.467. The van der Waals surface area contributed by atoms with Gasteiger partial charge in [-0.25, -0.2) is 9.97 Å². The fourth-order valence-corrected chi connectivity index (χ4v) is 3.25. The van der Waals surface area contributed by atoms with Crippen molar-refractivity contribution in [1.29, 1.82) is 0 Å². The van der Waals surface area contributed by atoms with Crippen molar-refractivity contribution in [2.24, 2.45) is 0 Å². The number of carbonyl (C=O) groups is 2. The molecule has 2 aliphatic rings. The van der Waals surface area contributed by atoms with Crippen LogP contribution in [0.25, 0.3) is 5.78 Å². The standard InChI is InChI=1S/C15H17N5O3/c1-18-9-15(23-8-12(18)21)3-6-20(10-15)13(22)11-7-19-5-2-4-16-14(19)17-11/h2,4-5,7H,3,6,8-10H2,1H3/t15-/m0/s1. The van der Waals surface area contributed by atoms with E-state index in [0.29, 0.717) is 31.1 Å². The van der Waals surface area contributed by atoms with Crippen LogP contribution < -0.4 is 0 Å². The molecule has 2 aromatic heterocycles. The lowest BCUT2D eigenvalue weighted by atomic mass is 10.0. The third kappa shape index (κ3) is 2.35. The zero-order chi connectivity index (χ0) is 16.0. The SMILES string of the molecule is CN1C[C@]2(CCN(C(=O)c3cn4cccnc4n3)C2)OCC1=O. The largest absolute Gasteiger partial charge is 0.361 e. The Morgan fingerprint density at radius 3 is 3.04 bits per heavy atom. The molecule has 23 heavy (non-hydrogen) atoms. The zero-order valence-corrected chi connectivity index (χ0v) is 12.8. The molecule has 8 nitrogen and oxygen atoms in total. The minimum atomic E-state index is -0.449. The number of likely N-dealkylation sites (N-methyl/N-ethyl adjacent to an activating group) is 1. The van der Waals surface area contributed by atoms with Crippen LogP contribution in [0.3, 0.4) is 0 Å². The fourth-order valence-electron chi connectivity index (χ4n) is 3.25. The number of likely N-dealkylation sites (tertiary alicyclic amines) is 1. The number of imidazole rings is 1. The third-order valence-corrected chi connectivity index (χ3v) is 4.51. The van der Waals surface area contributed by atoms with E-state index in [1.807, 2.05) is 6.20 Å². The number of carbonyl (C=O) groups excluding carboxylic acids is 2. The van der Waals surface area contributed by atoms with Gasteiger partial charge in [0.05, 0.1) is 13.1 Å². The number of fused-ring (bicyclic) bond motifs is 1. The molecule has 0 N–H and O–H groups in total. The molecule has 1 spiro atoms. The first-order valence-electron chi connectivity index (χ1n) is 7.53. The maximum Gasteiger partial charge on any atom is 0.274 e. The van der Waals surface area contributed by atoms with Crippen molar-refractivity contribution < 1.29 is 14.3 Å². The first-order valence-corrected chi connectivity index (χ1v) is 7.53. The quantitative estimate of drug-likeness (QED) is 0.728. The Kier molecular flexibility index (Phi) is 3.08. The minimum Gasteiger partial charge on any atom is -0.361 e. The van der Waals surface area contributed by atoms with Crippen molar-refractivity contribution in [3.63, 3.8) is 0 Å². The summed E-state index contributed by atoms with van der Waals surface area (Å²) in [5.41, 5.74) is -0.0728. The van der Waals surface area contributed by atoms with Crippen LogP contribution in [0.4, 0.5) is 0 Å². The van der Waals surface area contributed by atoms with E-state index >= 15 is 0 Å². The van der Waals surface area contributed by atoms with Crippen LogP contribution in [0.15, 0.2) is 24.7 Å². The molecular formula is C15H17N5O3. The second-order valence-corrected chi connectivity index (χ2v) is 6.15. The van der Waals surface area contributed by atoms with Crippen molar-refractivity contribution in [3.8, 4) is 0 Å². The molecule has 2 fully saturated rings. The number of ether oxygens (including phenoxy) is 1. The summed E-state index contributed by atoms with van der Waals surface area (Å²) in [6.45, 7) is 1.67. The maximum absolute atomic E-state index is 12.7.